The number of nitro groups is 1. The van der Waals surface area contributed by atoms with E-state index in [0.29, 0.717) is 35.3 Å². The largest absolute Gasteiger partial charge is 0.489 e. The molecular formula is C18H14ClFN2O5. The Morgan fingerprint density at radius 2 is 2.04 bits per heavy atom. The lowest BCUT2D eigenvalue weighted by Gasteiger charge is -2.10. The van der Waals surface area contributed by atoms with Gasteiger partial charge in [0, 0.05) is 24.3 Å². The Labute approximate surface area is 158 Å². The number of fused-ring (bicyclic) bond motifs is 1. The molecule has 27 heavy (non-hydrogen) atoms. The highest BCUT2D eigenvalue weighted by Crippen LogP contribution is 2.38. The minimum atomic E-state index is -0.977. The number of carbonyl (C=O) groups is 1. The summed E-state index contributed by atoms with van der Waals surface area (Å²) in [5.74, 6) is -0.557. The van der Waals surface area contributed by atoms with Crippen molar-refractivity contribution in [2.45, 2.75) is 6.42 Å². The third-order valence-corrected chi connectivity index (χ3v) is 3.94. The molecule has 0 saturated heterocycles. The first-order valence-corrected chi connectivity index (χ1v) is 8.34. The Bertz CT molecular complexity index is 932. The fraction of sp³-hybridized carbons (Fsp3) is 0.167. The summed E-state index contributed by atoms with van der Waals surface area (Å²) in [6.07, 6.45) is 3.47. The zero-order valence-corrected chi connectivity index (χ0v) is 14.7. The average molecular weight is 393 g/mol. The number of nitrogens with zero attached hydrogens (tertiary/aromatic N) is 1. The van der Waals surface area contributed by atoms with Gasteiger partial charge in [0.15, 0.2) is 11.5 Å². The third-order valence-electron chi connectivity index (χ3n) is 3.66. The van der Waals surface area contributed by atoms with Crippen molar-refractivity contribution in [2.75, 3.05) is 18.5 Å². The molecule has 0 saturated carbocycles. The lowest BCUT2D eigenvalue weighted by atomic mass is 10.2. The third kappa shape index (κ3) is 4.53. The number of nitrogens with one attached hydrogen (secondary N) is 1. The molecule has 1 heterocycles. The summed E-state index contributed by atoms with van der Waals surface area (Å²) in [6, 6.07) is 6.42. The van der Waals surface area contributed by atoms with Crippen molar-refractivity contribution in [1.82, 2.24) is 0 Å². The van der Waals surface area contributed by atoms with Crippen LogP contribution in [0, 0.1) is 15.9 Å². The highest BCUT2D eigenvalue weighted by molar-refractivity contribution is 6.32. The number of carbonyl (C=O) groups excluding carboxylic acids is 1. The Balaban J connectivity index is 1.74. The Morgan fingerprint density at radius 3 is 2.81 bits per heavy atom. The molecule has 1 aliphatic heterocycles. The van der Waals surface area contributed by atoms with Gasteiger partial charge in [0.2, 0.25) is 11.7 Å². The summed E-state index contributed by atoms with van der Waals surface area (Å²) in [7, 11) is 0. The number of rotatable bonds is 4. The molecular weight excluding hydrogens is 379 g/mol. The van der Waals surface area contributed by atoms with Crippen LogP contribution >= 0.6 is 11.6 Å². The molecule has 0 radical (unpaired) electrons. The number of nitro benzene ring substituents is 1. The molecule has 0 spiro atoms. The second-order valence-electron chi connectivity index (χ2n) is 5.63. The van der Waals surface area contributed by atoms with Gasteiger partial charge in [0.05, 0.1) is 23.2 Å². The Hall–Kier alpha value is -3.13. The number of anilines is 1. The molecule has 7 nitrogen and oxygen atoms in total. The van der Waals surface area contributed by atoms with E-state index in [-0.39, 0.29) is 5.69 Å². The lowest BCUT2D eigenvalue weighted by Crippen LogP contribution is -2.08. The Morgan fingerprint density at radius 1 is 1.26 bits per heavy atom. The molecule has 0 aliphatic carbocycles. The number of halogens is 2. The van der Waals surface area contributed by atoms with Crippen molar-refractivity contribution in [2.24, 2.45) is 0 Å². The van der Waals surface area contributed by atoms with Gasteiger partial charge < -0.3 is 14.8 Å². The maximum Gasteiger partial charge on any atom is 0.306 e. The standard InChI is InChI=1S/C18H14ClFN2O5/c19-13-8-11(9-16-18(13)27-7-1-6-26-16)2-5-17(23)21-12-3-4-14(20)15(10-12)22(24)25/h2-5,8-10H,1,6-7H2,(H,21,23)/b5-2+. The minimum absolute atomic E-state index is 0.106. The molecule has 0 unspecified atom stereocenters. The van der Waals surface area contributed by atoms with Gasteiger partial charge in [-0.2, -0.15) is 4.39 Å². The summed E-state index contributed by atoms with van der Waals surface area (Å²) in [4.78, 5) is 21.9. The molecule has 0 bridgehead atoms. The van der Waals surface area contributed by atoms with E-state index < -0.39 is 22.3 Å². The van der Waals surface area contributed by atoms with Crippen molar-refractivity contribution in [1.29, 1.82) is 0 Å². The normalized spacial score (nSPS) is 13.3. The van der Waals surface area contributed by atoms with E-state index in [0.717, 1.165) is 18.6 Å². The second kappa shape index (κ2) is 8.05. The van der Waals surface area contributed by atoms with Gasteiger partial charge in [-0.15, -0.1) is 0 Å². The van der Waals surface area contributed by atoms with Gasteiger partial charge in [-0.05, 0) is 35.9 Å². The van der Waals surface area contributed by atoms with Crippen molar-refractivity contribution >= 4 is 35.0 Å². The van der Waals surface area contributed by atoms with Crippen LogP contribution < -0.4 is 14.8 Å². The fourth-order valence-corrected chi connectivity index (χ4v) is 2.71. The lowest BCUT2D eigenvalue weighted by molar-refractivity contribution is -0.387. The van der Waals surface area contributed by atoms with Crippen LogP contribution in [0.25, 0.3) is 6.08 Å². The first-order valence-electron chi connectivity index (χ1n) is 7.96. The van der Waals surface area contributed by atoms with Gasteiger partial charge in [-0.1, -0.05) is 11.6 Å². The van der Waals surface area contributed by atoms with E-state index in [9.17, 15) is 19.3 Å². The molecule has 0 atom stereocenters. The van der Waals surface area contributed by atoms with Gasteiger partial charge >= 0.3 is 5.69 Å². The molecule has 2 aromatic carbocycles. The van der Waals surface area contributed by atoms with Crippen molar-refractivity contribution < 1.29 is 23.6 Å². The monoisotopic (exact) mass is 392 g/mol. The van der Waals surface area contributed by atoms with Gasteiger partial charge in [-0.3, -0.25) is 14.9 Å². The number of ether oxygens (including phenoxy) is 2. The van der Waals surface area contributed by atoms with Crippen LogP contribution in [0.2, 0.25) is 5.02 Å². The van der Waals surface area contributed by atoms with Gasteiger partial charge in [-0.25, -0.2) is 0 Å². The molecule has 0 fully saturated rings. The summed E-state index contributed by atoms with van der Waals surface area (Å²) in [5.41, 5.74) is 0.00499. The molecule has 2 aromatic rings. The number of hydrogen-bond acceptors (Lipinski definition) is 5. The number of hydrogen-bond donors (Lipinski definition) is 1. The topological polar surface area (TPSA) is 90.7 Å². The van der Waals surface area contributed by atoms with E-state index in [2.05, 4.69) is 5.32 Å². The van der Waals surface area contributed by atoms with E-state index in [1.54, 1.807) is 12.1 Å². The summed E-state index contributed by atoms with van der Waals surface area (Å²) >= 11 is 6.19. The van der Waals surface area contributed by atoms with Crippen molar-refractivity contribution in [3.63, 3.8) is 0 Å². The van der Waals surface area contributed by atoms with E-state index in [1.165, 1.54) is 18.2 Å². The van der Waals surface area contributed by atoms with E-state index in [1.807, 2.05) is 0 Å². The highest BCUT2D eigenvalue weighted by Gasteiger charge is 2.16. The maximum absolute atomic E-state index is 13.3. The molecule has 1 amide bonds. The zero-order valence-electron chi connectivity index (χ0n) is 13.9. The predicted molar refractivity (Wildman–Crippen MR) is 97.8 cm³/mol. The van der Waals surface area contributed by atoms with E-state index >= 15 is 0 Å². The zero-order chi connectivity index (χ0) is 19.4. The van der Waals surface area contributed by atoms with Crippen LogP contribution in [0.3, 0.4) is 0 Å². The van der Waals surface area contributed by atoms with Gasteiger partial charge in [0.1, 0.15) is 0 Å². The molecule has 1 aliphatic rings. The molecule has 140 valence electrons. The first kappa shape index (κ1) is 18.7. The maximum atomic E-state index is 13.3. The predicted octanol–water partition coefficient (Wildman–Crippen LogP) is 4.20. The summed E-state index contributed by atoms with van der Waals surface area (Å²) in [5, 5.41) is 13.5. The molecule has 0 aromatic heterocycles. The summed E-state index contributed by atoms with van der Waals surface area (Å²) < 4.78 is 24.4. The molecule has 3 rings (SSSR count). The second-order valence-corrected chi connectivity index (χ2v) is 6.03. The van der Waals surface area contributed by atoms with Crippen LogP contribution in [0.5, 0.6) is 11.5 Å². The minimum Gasteiger partial charge on any atom is -0.489 e. The van der Waals surface area contributed by atoms with Crippen LogP contribution in [0.15, 0.2) is 36.4 Å². The number of amides is 1. The summed E-state index contributed by atoms with van der Waals surface area (Å²) in [6.45, 7) is 1.01. The number of benzene rings is 2. The smallest absolute Gasteiger partial charge is 0.306 e. The first-order chi connectivity index (χ1) is 12.9. The van der Waals surface area contributed by atoms with Crippen LogP contribution in [-0.4, -0.2) is 24.0 Å². The van der Waals surface area contributed by atoms with Gasteiger partial charge in [0.25, 0.3) is 0 Å². The SMILES string of the molecule is O=C(/C=C/c1cc(Cl)c2c(c1)OCCCO2)Nc1ccc(F)c([N+](=O)[O-])c1. The quantitative estimate of drug-likeness (QED) is 0.478. The van der Waals surface area contributed by atoms with Crippen LogP contribution in [0.1, 0.15) is 12.0 Å². The van der Waals surface area contributed by atoms with Crippen LogP contribution in [0.4, 0.5) is 15.8 Å². The molecule has 9 heteroatoms. The van der Waals surface area contributed by atoms with Crippen molar-refractivity contribution in [3.05, 3.63) is 62.9 Å². The van der Waals surface area contributed by atoms with Crippen LogP contribution in [-0.2, 0) is 4.79 Å². The Kier molecular flexibility index (Phi) is 5.56. The molecule has 1 N–H and O–H groups in total. The fourth-order valence-electron chi connectivity index (χ4n) is 2.43. The van der Waals surface area contributed by atoms with E-state index in [4.69, 9.17) is 21.1 Å². The highest BCUT2D eigenvalue weighted by atomic mass is 35.5. The van der Waals surface area contributed by atoms with Crippen molar-refractivity contribution in [3.8, 4) is 11.5 Å². The average Bonchev–Trinajstić information content (AvgIpc) is 2.87.